The summed E-state index contributed by atoms with van der Waals surface area (Å²) in [5, 5.41) is 15.3. The van der Waals surface area contributed by atoms with Crippen molar-refractivity contribution in [2.24, 2.45) is 0 Å². The number of rotatable bonds is 8. The molecule has 238 valence electrons. The number of nitrogens with one attached hydrogen (secondary N) is 2. The number of carbonyl (C=O) groups excluding carboxylic acids is 7. The summed E-state index contributed by atoms with van der Waals surface area (Å²) < 4.78 is 0. The summed E-state index contributed by atoms with van der Waals surface area (Å²) in [5.74, 6) is -3.53. The van der Waals surface area contributed by atoms with Crippen molar-refractivity contribution >= 4 is 46.8 Å². The molecule has 2 aromatic rings. The van der Waals surface area contributed by atoms with Gasteiger partial charge < -0.3 is 10.4 Å². The van der Waals surface area contributed by atoms with E-state index in [4.69, 9.17) is 0 Å². The molecule has 3 fully saturated rings. The van der Waals surface area contributed by atoms with E-state index in [1.54, 1.807) is 6.08 Å². The van der Waals surface area contributed by atoms with E-state index < -0.39 is 47.7 Å². The molecule has 12 nitrogen and oxygen atoms in total. The molecule has 0 radical (unpaired) electrons. The van der Waals surface area contributed by atoms with E-state index in [-0.39, 0.29) is 78.5 Å². The molecule has 3 heterocycles. The Hall–Kier alpha value is -4.81. The molecule has 3 N–H and O–H groups in total. The third kappa shape index (κ3) is 6.05. The van der Waals surface area contributed by atoms with Crippen LogP contribution in [0, 0.1) is 0 Å². The van der Waals surface area contributed by atoms with Crippen molar-refractivity contribution in [1.82, 2.24) is 15.1 Å². The molecule has 5 amide bonds. The third-order valence-corrected chi connectivity index (χ3v) is 9.14. The lowest BCUT2D eigenvalue weighted by Gasteiger charge is -2.28. The molecule has 0 bridgehead atoms. The number of unbranched alkanes of at least 4 members (excludes halogenated alkanes) is 1. The van der Waals surface area contributed by atoms with Crippen LogP contribution in [0.4, 0.5) is 5.69 Å². The fourth-order valence-corrected chi connectivity index (χ4v) is 6.86. The number of Topliss-reactive ketones (excluding diaryl/α,β-unsaturated/α-hetero) is 2. The zero-order valence-electron chi connectivity index (χ0n) is 25.1. The van der Waals surface area contributed by atoms with Crippen LogP contribution >= 0.6 is 0 Å². The highest BCUT2D eigenvalue weighted by Gasteiger charge is 2.46. The molecule has 2 saturated heterocycles. The van der Waals surface area contributed by atoms with Gasteiger partial charge in [0.2, 0.25) is 17.7 Å². The molecule has 3 atom stereocenters. The van der Waals surface area contributed by atoms with Crippen molar-refractivity contribution in [3.8, 4) is 0 Å². The van der Waals surface area contributed by atoms with E-state index in [1.807, 2.05) is 35.2 Å². The fourth-order valence-electron chi connectivity index (χ4n) is 6.86. The van der Waals surface area contributed by atoms with Gasteiger partial charge in [0.15, 0.2) is 11.6 Å². The van der Waals surface area contributed by atoms with Crippen molar-refractivity contribution in [1.29, 1.82) is 0 Å². The first-order valence-corrected chi connectivity index (χ1v) is 15.5. The van der Waals surface area contributed by atoms with E-state index >= 15 is 0 Å². The predicted molar refractivity (Wildman–Crippen MR) is 163 cm³/mol. The van der Waals surface area contributed by atoms with E-state index in [1.165, 1.54) is 18.2 Å². The van der Waals surface area contributed by atoms with E-state index in [0.29, 0.717) is 19.4 Å². The minimum Gasteiger partial charge on any atom is -0.392 e. The van der Waals surface area contributed by atoms with Gasteiger partial charge in [-0.25, -0.2) is 0 Å². The average Bonchev–Trinajstić information content (AvgIpc) is 3.53. The quantitative estimate of drug-likeness (QED) is 0.171. The molecule has 1 aliphatic carbocycles. The van der Waals surface area contributed by atoms with Crippen LogP contribution in [-0.2, 0) is 24.0 Å². The van der Waals surface area contributed by atoms with Crippen LogP contribution in [0.1, 0.15) is 77.1 Å². The molecule has 2 aromatic carbocycles. The number of imide groups is 2. The van der Waals surface area contributed by atoms with Gasteiger partial charge in [0.1, 0.15) is 6.04 Å². The number of β-amino-alcohol motifs (C(OH)–C–C–N with tert-alkyl or cyclic N) is 1. The van der Waals surface area contributed by atoms with Gasteiger partial charge in [-0.15, -0.1) is 0 Å². The zero-order chi connectivity index (χ0) is 32.5. The Kier molecular flexibility index (Phi) is 8.74. The number of hydrogen-bond donors (Lipinski definition) is 3. The molecule has 1 saturated carbocycles. The number of carbonyl (C=O) groups is 7. The average molecular weight is 627 g/mol. The van der Waals surface area contributed by atoms with Gasteiger partial charge in [-0.3, -0.25) is 48.7 Å². The Morgan fingerprint density at radius 1 is 0.957 bits per heavy atom. The van der Waals surface area contributed by atoms with Crippen LogP contribution in [0.3, 0.4) is 0 Å². The summed E-state index contributed by atoms with van der Waals surface area (Å²) >= 11 is 0. The van der Waals surface area contributed by atoms with Gasteiger partial charge >= 0.3 is 0 Å². The van der Waals surface area contributed by atoms with Crippen molar-refractivity contribution in [3.05, 3.63) is 76.9 Å². The monoisotopic (exact) mass is 626 g/mol. The molecular formula is C34H34N4O8. The number of aliphatic hydroxyl groups excluding tert-OH is 1. The van der Waals surface area contributed by atoms with Crippen LogP contribution in [0.25, 0.3) is 0 Å². The number of anilines is 1. The maximum absolute atomic E-state index is 13.5. The van der Waals surface area contributed by atoms with Crippen LogP contribution in [0.2, 0.25) is 0 Å². The van der Waals surface area contributed by atoms with Gasteiger partial charge in [-0.2, -0.15) is 0 Å². The van der Waals surface area contributed by atoms with Crippen LogP contribution in [0.5, 0.6) is 0 Å². The van der Waals surface area contributed by atoms with Gasteiger partial charge in [-0.1, -0.05) is 42.5 Å². The first-order chi connectivity index (χ1) is 22.1. The second-order valence-electron chi connectivity index (χ2n) is 12.2. The second-order valence-corrected chi connectivity index (χ2v) is 12.2. The Morgan fingerprint density at radius 2 is 1.70 bits per heavy atom. The molecule has 6 rings (SSSR count). The molecule has 0 spiro atoms. The number of aliphatic hydroxyl groups is 1. The Balaban J connectivity index is 1.08. The van der Waals surface area contributed by atoms with Crippen molar-refractivity contribution in [2.75, 3.05) is 18.4 Å². The first kappa shape index (κ1) is 31.2. The Morgan fingerprint density at radius 3 is 2.41 bits per heavy atom. The molecule has 12 heteroatoms. The van der Waals surface area contributed by atoms with E-state index in [2.05, 4.69) is 10.6 Å². The lowest BCUT2D eigenvalue weighted by molar-refractivity contribution is -0.136. The number of nitrogens with zero attached hydrogens (tertiary/aromatic N) is 2. The topological polar surface area (TPSA) is 170 Å². The molecule has 4 aliphatic rings. The van der Waals surface area contributed by atoms with Crippen LogP contribution < -0.4 is 10.6 Å². The standard InChI is InChI=1S/C34H34N4O8/c39-21-17-26(37(18-21)14-5-4-9-22-27(40)15-20(16-28(22)41)19-7-2-1-3-8-19)32(44)35-24-11-6-10-23-30(24)34(46)38(33(23)45)25-12-13-29(42)36-31(25)43/h1-3,6-11,20-21,25-26,39H,4-5,12-18H2,(H,35,44)(H,36,42,43)/t20?,21-,25?,26-/m0/s1. The molecule has 46 heavy (non-hydrogen) atoms. The van der Waals surface area contributed by atoms with Gasteiger partial charge in [0.05, 0.1) is 34.5 Å². The third-order valence-electron chi connectivity index (χ3n) is 9.14. The highest BCUT2D eigenvalue weighted by atomic mass is 16.3. The zero-order valence-corrected chi connectivity index (χ0v) is 25.1. The maximum atomic E-state index is 13.5. The molecule has 1 unspecified atom stereocenters. The van der Waals surface area contributed by atoms with Crippen LogP contribution in [0.15, 0.2) is 60.2 Å². The normalized spacial score (nSPS) is 25.2. The summed E-state index contributed by atoms with van der Waals surface area (Å²) in [6.45, 7) is 0.667. The van der Waals surface area contributed by atoms with E-state index in [9.17, 15) is 38.7 Å². The first-order valence-electron chi connectivity index (χ1n) is 15.5. The number of amides is 5. The Labute approximate surface area is 264 Å². The number of piperidine rings is 1. The Bertz CT molecular complexity index is 1650. The number of benzene rings is 2. The van der Waals surface area contributed by atoms with Crippen molar-refractivity contribution in [2.45, 2.75) is 69.1 Å². The number of fused-ring (bicyclic) bond motifs is 1. The molecule has 3 aliphatic heterocycles. The SMILES string of the molecule is O=C1CCC(N2C(=O)c3cccc(NC(=O)[C@@H]4C[C@H](O)CN4CCCC=C4C(=O)CC(c5ccccc5)CC4=O)c3C2=O)C(=O)N1. The van der Waals surface area contributed by atoms with E-state index in [0.717, 1.165) is 10.5 Å². The highest BCUT2D eigenvalue weighted by molar-refractivity contribution is 6.26. The highest BCUT2D eigenvalue weighted by Crippen LogP contribution is 2.34. The van der Waals surface area contributed by atoms with Gasteiger partial charge in [0.25, 0.3) is 11.8 Å². The summed E-state index contributed by atoms with van der Waals surface area (Å²) in [6.07, 6.45) is 2.64. The number of allylic oxidation sites excluding steroid dienone is 2. The van der Waals surface area contributed by atoms with Gasteiger partial charge in [0, 0.05) is 25.8 Å². The predicted octanol–water partition coefficient (Wildman–Crippen LogP) is 1.88. The second kappa shape index (κ2) is 12.9. The molecule has 0 aromatic heterocycles. The number of ketones is 2. The smallest absolute Gasteiger partial charge is 0.264 e. The summed E-state index contributed by atoms with van der Waals surface area (Å²) in [5.41, 5.74) is 1.34. The fraction of sp³-hybridized carbons (Fsp3) is 0.382. The molecular weight excluding hydrogens is 592 g/mol. The maximum Gasteiger partial charge on any atom is 0.264 e. The summed E-state index contributed by atoms with van der Waals surface area (Å²) in [4.78, 5) is 92.3. The summed E-state index contributed by atoms with van der Waals surface area (Å²) in [7, 11) is 0. The minimum atomic E-state index is -1.13. The van der Waals surface area contributed by atoms with Crippen molar-refractivity contribution in [3.63, 3.8) is 0 Å². The lowest BCUT2D eigenvalue weighted by atomic mass is 9.79. The number of hydrogen-bond acceptors (Lipinski definition) is 9. The largest absolute Gasteiger partial charge is 0.392 e. The number of likely N-dealkylation sites (tertiary alicyclic amines) is 1. The van der Waals surface area contributed by atoms with Crippen LogP contribution in [-0.4, -0.2) is 87.3 Å². The lowest BCUT2D eigenvalue weighted by Crippen LogP contribution is -2.54. The van der Waals surface area contributed by atoms with Gasteiger partial charge in [-0.05, 0) is 55.8 Å². The summed E-state index contributed by atoms with van der Waals surface area (Å²) in [6, 6.07) is 12.1. The minimum absolute atomic E-state index is 0.00824. The van der Waals surface area contributed by atoms with Crippen molar-refractivity contribution < 1.29 is 38.7 Å².